The SMILES string of the molecule is C=CC(=O)OC(CCO)COC(=O)c1ccccc1C(=O)O. The summed E-state index contributed by atoms with van der Waals surface area (Å²) in [7, 11) is 0. The minimum atomic E-state index is -1.25. The van der Waals surface area contributed by atoms with Gasteiger partial charge in [-0.1, -0.05) is 18.7 Å². The van der Waals surface area contributed by atoms with E-state index in [4.69, 9.17) is 19.7 Å². The highest BCUT2D eigenvalue weighted by molar-refractivity contribution is 6.02. The number of carboxylic acid groups (broad SMARTS) is 1. The highest BCUT2D eigenvalue weighted by Gasteiger charge is 2.20. The molecule has 1 aromatic rings. The molecule has 7 heteroatoms. The van der Waals surface area contributed by atoms with Crippen molar-refractivity contribution in [3.8, 4) is 0 Å². The molecule has 0 bridgehead atoms. The molecule has 0 amide bonds. The number of aliphatic hydroxyl groups excluding tert-OH is 1. The van der Waals surface area contributed by atoms with Crippen molar-refractivity contribution < 1.29 is 34.1 Å². The molecule has 0 aromatic heterocycles. The largest absolute Gasteiger partial charge is 0.478 e. The van der Waals surface area contributed by atoms with Gasteiger partial charge in [-0.3, -0.25) is 0 Å². The standard InChI is InChI=1S/C15H16O7/c1-2-13(17)22-10(7-8-16)9-21-15(20)12-6-4-3-5-11(12)14(18)19/h2-6,10,16H,1,7-9H2,(H,18,19). The van der Waals surface area contributed by atoms with Crippen molar-refractivity contribution in [3.05, 3.63) is 48.0 Å². The first kappa shape index (κ1) is 17.4. The third kappa shape index (κ3) is 5.02. The van der Waals surface area contributed by atoms with Gasteiger partial charge in [0.15, 0.2) is 0 Å². The molecule has 0 heterocycles. The molecule has 1 unspecified atom stereocenters. The maximum Gasteiger partial charge on any atom is 0.339 e. The van der Waals surface area contributed by atoms with Crippen LogP contribution < -0.4 is 0 Å². The minimum Gasteiger partial charge on any atom is -0.478 e. The van der Waals surface area contributed by atoms with E-state index >= 15 is 0 Å². The zero-order valence-corrected chi connectivity index (χ0v) is 11.7. The normalized spacial score (nSPS) is 11.3. The maximum atomic E-state index is 11.9. The number of carbonyl (C=O) groups is 3. The third-order valence-electron chi connectivity index (χ3n) is 2.68. The lowest BCUT2D eigenvalue weighted by atomic mass is 10.1. The Morgan fingerprint density at radius 1 is 1.23 bits per heavy atom. The minimum absolute atomic E-state index is 0.0768. The second kappa shape index (κ2) is 8.58. The summed E-state index contributed by atoms with van der Waals surface area (Å²) >= 11 is 0. The number of aliphatic hydroxyl groups is 1. The van der Waals surface area contributed by atoms with Crippen molar-refractivity contribution in [2.75, 3.05) is 13.2 Å². The van der Waals surface area contributed by atoms with Gasteiger partial charge in [0.25, 0.3) is 0 Å². The van der Waals surface area contributed by atoms with Crippen molar-refractivity contribution in [1.82, 2.24) is 0 Å². The van der Waals surface area contributed by atoms with Gasteiger partial charge < -0.3 is 19.7 Å². The van der Waals surface area contributed by atoms with Crippen molar-refractivity contribution in [2.45, 2.75) is 12.5 Å². The second-order valence-corrected chi connectivity index (χ2v) is 4.22. The number of ether oxygens (including phenoxy) is 2. The lowest BCUT2D eigenvalue weighted by Gasteiger charge is -2.16. The van der Waals surface area contributed by atoms with Crippen LogP contribution in [0.4, 0.5) is 0 Å². The number of carboxylic acids is 1. The molecular weight excluding hydrogens is 292 g/mol. The number of carbonyl (C=O) groups excluding carboxylic acids is 2. The zero-order chi connectivity index (χ0) is 16.5. The fourth-order valence-corrected chi connectivity index (χ4v) is 1.63. The van der Waals surface area contributed by atoms with E-state index < -0.39 is 24.0 Å². The molecule has 1 aromatic carbocycles. The number of aromatic carboxylic acids is 1. The Morgan fingerprint density at radius 2 is 1.86 bits per heavy atom. The number of hydrogen-bond acceptors (Lipinski definition) is 6. The van der Waals surface area contributed by atoms with E-state index in [-0.39, 0.29) is 30.8 Å². The Labute approximate surface area is 126 Å². The monoisotopic (exact) mass is 308 g/mol. The topological polar surface area (TPSA) is 110 Å². The van der Waals surface area contributed by atoms with Crippen LogP contribution in [0.2, 0.25) is 0 Å². The Hall–Kier alpha value is -2.67. The van der Waals surface area contributed by atoms with E-state index in [0.29, 0.717) is 0 Å². The molecule has 0 fully saturated rings. The zero-order valence-electron chi connectivity index (χ0n) is 11.7. The van der Waals surface area contributed by atoms with Crippen molar-refractivity contribution in [3.63, 3.8) is 0 Å². The molecule has 2 N–H and O–H groups in total. The summed E-state index contributed by atoms with van der Waals surface area (Å²) in [5.41, 5.74) is -0.290. The van der Waals surface area contributed by atoms with Crippen LogP contribution in [0.3, 0.4) is 0 Å². The van der Waals surface area contributed by atoms with Crippen LogP contribution in [0.5, 0.6) is 0 Å². The molecule has 1 rings (SSSR count). The Kier molecular flexibility index (Phi) is 6.78. The fraction of sp³-hybridized carbons (Fsp3) is 0.267. The van der Waals surface area contributed by atoms with Crippen molar-refractivity contribution in [2.24, 2.45) is 0 Å². The van der Waals surface area contributed by atoms with Gasteiger partial charge in [0, 0.05) is 19.1 Å². The molecule has 1 atom stereocenters. The molecule has 0 saturated carbocycles. The van der Waals surface area contributed by atoms with Crippen molar-refractivity contribution in [1.29, 1.82) is 0 Å². The summed E-state index contributed by atoms with van der Waals surface area (Å²) in [5.74, 6) is -2.81. The molecule has 22 heavy (non-hydrogen) atoms. The van der Waals surface area contributed by atoms with Gasteiger partial charge in [0.1, 0.15) is 12.7 Å². The highest BCUT2D eigenvalue weighted by Crippen LogP contribution is 2.11. The first-order valence-corrected chi connectivity index (χ1v) is 6.43. The van der Waals surface area contributed by atoms with Crippen LogP contribution in [0.1, 0.15) is 27.1 Å². The first-order valence-electron chi connectivity index (χ1n) is 6.43. The third-order valence-corrected chi connectivity index (χ3v) is 2.68. The van der Waals surface area contributed by atoms with Gasteiger partial charge in [-0.25, -0.2) is 14.4 Å². The number of hydrogen-bond donors (Lipinski definition) is 2. The quantitative estimate of drug-likeness (QED) is 0.545. The summed E-state index contributed by atoms with van der Waals surface area (Å²) < 4.78 is 9.85. The molecule has 0 aliphatic carbocycles. The molecular formula is C15H16O7. The predicted octanol–water partition coefficient (Wildman–Crippen LogP) is 1.02. The van der Waals surface area contributed by atoms with Crippen LogP contribution in [-0.4, -0.2) is 47.4 Å². The number of esters is 2. The summed E-state index contributed by atoms with van der Waals surface area (Å²) in [6.07, 6.45) is 0.191. The van der Waals surface area contributed by atoms with Crippen LogP contribution >= 0.6 is 0 Å². The maximum absolute atomic E-state index is 11.9. The summed E-state index contributed by atoms with van der Waals surface area (Å²) in [6, 6.07) is 5.59. The fourth-order valence-electron chi connectivity index (χ4n) is 1.63. The first-order chi connectivity index (χ1) is 10.5. The molecule has 118 valence electrons. The average molecular weight is 308 g/mol. The van der Waals surface area contributed by atoms with Gasteiger partial charge in [0.2, 0.25) is 0 Å². The van der Waals surface area contributed by atoms with Gasteiger partial charge >= 0.3 is 17.9 Å². The Balaban J connectivity index is 2.73. The van der Waals surface area contributed by atoms with Crippen LogP contribution in [0, 0.1) is 0 Å². The summed E-state index contributed by atoms with van der Waals surface area (Å²) in [5, 5.41) is 17.9. The van der Waals surface area contributed by atoms with E-state index in [1.165, 1.54) is 24.3 Å². The lowest BCUT2D eigenvalue weighted by Crippen LogP contribution is -2.26. The van der Waals surface area contributed by atoms with E-state index in [2.05, 4.69) is 6.58 Å². The second-order valence-electron chi connectivity index (χ2n) is 4.22. The summed E-state index contributed by atoms with van der Waals surface area (Å²) in [6.45, 7) is 2.67. The summed E-state index contributed by atoms with van der Waals surface area (Å²) in [4.78, 5) is 34.1. The van der Waals surface area contributed by atoms with Crippen LogP contribution in [-0.2, 0) is 14.3 Å². The average Bonchev–Trinajstić information content (AvgIpc) is 2.52. The molecule has 7 nitrogen and oxygen atoms in total. The van der Waals surface area contributed by atoms with E-state index in [9.17, 15) is 14.4 Å². The van der Waals surface area contributed by atoms with E-state index in [1.807, 2.05) is 0 Å². The van der Waals surface area contributed by atoms with E-state index in [1.54, 1.807) is 0 Å². The smallest absolute Gasteiger partial charge is 0.339 e. The molecule has 0 aliphatic heterocycles. The van der Waals surface area contributed by atoms with Gasteiger partial charge in [-0.15, -0.1) is 0 Å². The van der Waals surface area contributed by atoms with E-state index in [0.717, 1.165) is 6.08 Å². The molecule has 0 saturated heterocycles. The van der Waals surface area contributed by atoms with Crippen LogP contribution in [0.15, 0.2) is 36.9 Å². The number of benzene rings is 1. The molecule has 0 spiro atoms. The molecule has 0 aliphatic rings. The van der Waals surface area contributed by atoms with Gasteiger partial charge in [-0.05, 0) is 12.1 Å². The van der Waals surface area contributed by atoms with Crippen molar-refractivity contribution >= 4 is 17.9 Å². The lowest BCUT2D eigenvalue weighted by molar-refractivity contribution is -0.145. The molecule has 0 radical (unpaired) electrons. The predicted molar refractivity (Wildman–Crippen MR) is 75.5 cm³/mol. The Morgan fingerprint density at radius 3 is 2.41 bits per heavy atom. The van der Waals surface area contributed by atoms with Gasteiger partial charge in [-0.2, -0.15) is 0 Å². The Bertz CT molecular complexity index is 565. The van der Waals surface area contributed by atoms with Gasteiger partial charge in [0.05, 0.1) is 11.1 Å². The number of rotatable bonds is 8. The highest BCUT2D eigenvalue weighted by atomic mass is 16.6. The van der Waals surface area contributed by atoms with Crippen LogP contribution in [0.25, 0.3) is 0 Å².